The van der Waals surface area contributed by atoms with Gasteiger partial charge in [0, 0.05) is 38.4 Å². The minimum absolute atomic E-state index is 0. The summed E-state index contributed by atoms with van der Waals surface area (Å²) in [5.74, 6) is 1.94. The van der Waals surface area contributed by atoms with Crippen molar-refractivity contribution in [2.75, 3.05) is 19.8 Å². The Morgan fingerprint density at radius 1 is 0.550 bits per heavy atom. The summed E-state index contributed by atoms with van der Waals surface area (Å²) >= 11 is 0. The van der Waals surface area contributed by atoms with Crippen LogP contribution in [0.25, 0.3) is 0 Å². The van der Waals surface area contributed by atoms with Crippen LogP contribution in [0.1, 0.15) is 60.8 Å². The first kappa shape index (κ1) is 32.4. The van der Waals surface area contributed by atoms with Crippen LogP contribution in [0.4, 0.5) is 0 Å². The van der Waals surface area contributed by atoms with Crippen LogP contribution in [0.3, 0.4) is 0 Å². The molecule has 0 spiro atoms. The Labute approximate surface area is 138 Å². The number of aliphatic hydroxyl groups excluding tert-OH is 3. The Bertz CT molecular complexity index is 107. The molecule has 0 amide bonds. The molecule has 5 N–H and O–H groups in total. The van der Waals surface area contributed by atoms with E-state index in [9.17, 15) is 0 Å². The largest absolute Gasteiger partial charge is 0.412 e. The summed E-state index contributed by atoms with van der Waals surface area (Å²) in [5, 5.41) is 24.7. The zero-order valence-electron chi connectivity index (χ0n) is 14.3. The average Bonchev–Trinajstić information content (AvgIpc) is 2.18. The molecule has 20 heavy (non-hydrogen) atoms. The Hall–Kier alpha value is 0.424. The van der Waals surface area contributed by atoms with Crippen molar-refractivity contribution in [2.45, 2.75) is 60.8 Å². The van der Waals surface area contributed by atoms with E-state index in [2.05, 4.69) is 41.5 Å². The second kappa shape index (κ2) is 27.7. The molecule has 0 aromatic rings. The standard InChI is InChI=1S/3C5H12O.H2O.V/c3*1-5(2)3-4-6;;/h3*5-6H,3-4H2,1-2H3;1H2;. The van der Waals surface area contributed by atoms with E-state index in [4.69, 9.17) is 15.3 Å². The third-order valence-electron chi connectivity index (χ3n) is 2.12. The summed E-state index contributed by atoms with van der Waals surface area (Å²) in [6.07, 6.45) is 2.79. The third-order valence-corrected chi connectivity index (χ3v) is 2.12. The third kappa shape index (κ3) is 63.0. The molecule has 0 aromatic carbocycles. The fourth-order valence-corrected chi connectivity index (χ4v) is 0.775. The van der Waals surface area contributed by atoms with E-state index in [1.54, 1.807) is 0 Å². The molecule has 0 aliphatic carbocycles. The predicted molar refractivity (Wildman–Crippen MR) is 83.2 cm³/mol. The maximum Gasteiger partial charge on any atom is 0.0433 e. The molecule has 0 aromatic heterocycles. The van der Waals surface area contributed by atoms with Crippen molar-refractivity contribution in [2.24, 2.45) is 17.8 Å². The SMILES string of the molecule is CC(C)CCO.CC(C)CCO.CC(C)CCO.O.[V]. The van der Waals surface area contributed by atoms with E-state index in [0.29, 0.717) is 37.6 Å². The van der Waals surface area contributed by atoms with Gasteiger partial charge in [0.15, 0.2) is 0 Å². The van der Waals surface area contributed by atoms with E-state index in [-0.39, 0.29) is 24.0 Å². The van der Waals surface area contributed by atoms with Crippen LogP contribution >= 0.6 is 0 Å². The van der Waals surface area contributed by atoms with Gasteiger partial charge in [-0.1, -0.05) is 41.5 Å². The minimum Gasteiger partial charge on any atom is -0.412 e. The van der Waals surface area contributed by atoms with E-state index in [1.165, 1.54) is 0 Å². The van der Waals surface area contributed by atoms with Crippen LogP contribution in [-0.4, -0.2) is 40.6 Å². The van der Waals surface area contributed by atoms with Gasteiger partial charge in [-0.2, -0.15) is 0 Å². The monoisotopic (exact) mass is 333 g/mol. The van der Waals surface area contributed by atoms with Crippen LogP contribution in [0, 0.1) is 17.8 Å². The van der Waals surface area contributed by atoms with Crippen molar-refractivity contribution in [3.63, 3.8) is 0 Å². The molecule has 0 aliphatic heterocycles. The summed E-state index contributed by atoms with van der Waals surface area (Å²) < 4.78 is 0. The maximum absolute atomic E-state index is 8.24. The molecule has 127 valence electrons. The second-order valence-corrected chi connectivity index (χ2v) is 5.72. The molecule has 1 radical (unpaired) electrons. The van der Waals surface area contributed by atoms with Gasteiger partial charge in [0.2, 0.25) is 0 Å². The first-order valence-electron chi connectivity index (χ1n) is 7.14. The molecule has 0 rings (SSSR count). The summed E-state index contributed by atoms with van der Waals surface area (Å²) in [5.41, 5.74) is 0. The first-order chi connectivity index (χ1) is 8.31. The molecule has 0 saturated heterocycles. The van der Waals surface area contributed by atoms with Crippen molar-refractivity contribution < 1.29 is 39.4 Å². The van der Waals surface area contributed by atoms with Crippen molar-refractivity contribution in [3.05, 3.63) is 0 Å². The summed E-state index contributed by atoms with van der Waals surface area (Å²) in [7, 11) is 0. The van der Waals surface area contributed by atoms with Crippen LogP contribution in [0.5, 0.6) is 0 Å². The van der Waals surface area contributed by atoms with Gasteiger partial charge in [-0.15, -0.1) is 0 Å². The summed E-state index contributed by atoms with van der Waals surface area (Å²) in [6.45, 7) is 13.6. The molecular formula is C15H38O4V. The van der Waals surface area contributed by atoms with Crippen LogP contribution in [-0.2, 0) is 18.6 Å². The van der Waals surface area contributed by atoms with Gasteiger partial charge in [0.05, 0.1) is 0 Å². The molecule has 0 atom stereocenters. The van der Waals surface area contributed by atoms with Gasteiger partial charge in [-0.25, -0.2) is 0 Å². The molecule has 5 heteroatoms. The maximum atomic E-state index is 8.24. The second-order valence-electron chi connectivity index (χ2n) is 5.72. The molecule has 0 aliphatic rings. The number of hydrogen-bond acceptors (Lipinski definition) is 3. The van der Waals surface area contributed by atoms with Gasteiger partial charge in [0.25, 0.3) is 0 Å². The van der Waals surface area contributed by atoms with Gasteiger partial charge in [0.1, 0.15) is 0 Å². The predicted octanol–water partition coefficient (Wildman–Crippen LogP) is 2.25. The Kier molecular flexibility index (Phi) is 44.9. The van der Waals surface area contributed by atoms with E-state index in [0.717, 1.165) is 19.3 Å². The Morgan fingerprint density at radius 3 is 0.700 bits per heavy atom. The quantitative estimate of drug-likeness (QED) is 0.696. The van der Waals surface area contributed by atoms with Crippen molar-refractivity contribution in [1.29, 1.82) is 0 Å². The topological polar surface area (TPSA) is 92.2 Å². The zero-order chi connectivity index (χ0) is 15.0. The molecular weight excluding hydrogens is 295 g/mol. The fraction of sp³-hybridized carbons (Fsp3) is 1.00. The van der Waals surface area contributed by atoms with Gasteiger partial charge < -0.3 is 20.8 Å². The van der Waals surface area contributed by atoms with Crippen molar-refractivity contribution >= 4 is 0 Å². The molecule has 0 heterocycles. The van der Waals surface area contributed by atoms with Crippen LogP contribution in [0.2, 0.25) is 0 Å². The molecule has 0 saturated carbocycles. The van der Waals surface area contributed by atoms with E-state index < -0.39 is 0 Å². The van der Waals surface area contributed by atoms with Gasteiger partial charge in [-0.05, 0) is 37.0 Å². The van der Waals surface area contributed by atoms with Crippen molar-refractivity contribution in [1.82, 2.24) is 0 Å². The summed E-state index contributed by atoms with van der Waals surface area (Å²) in [4.78, 5) is 0. The van der Waals surface area contributed by atoms with Gasteiger partial charge >= 0.3 is 0 Å². The minimum atomic E-state index is 0. The van der Waals surface area contributed by atoms with E-state index >= 15 is 0 Å². The smallest absolute Gasteiger partial charge is 0.0433 e. The fourth-order valence-electron chi connectivity index (χ4n) is 0.775. The first-order valence-corrected chi connectivity index (χ1v) is 7.14. The Morgan fingerprint density at radius 2 is 0.700 bits per heavy atom. The average molecular weight is 333 g/mol. The number of rotatable bonds is 6. The van der Waals surface area contributed by atoms with Crippen LogP contribution < -0.4 is 0 Å². The zero-order valence-corrected chi connectivity index (χ0v) is 15.7. The van der Waals surface area contributed by atoms with Gasteiger partial charge in [-0.3, -0.25) is 0 Å². The van der Waals surface area contributed by atoms with E-state index in [1.807, 2.05) is 0 Å². The van der Waals surface area contributed by atoms with Crippen molar-refractivity contribution in [3.8, 4) is 0 Å². The molecule has 0 bridgehead atoms. The molecule has 4 nitrogen and oxygen atoms in total. The Balaban J connectivity index is -0.0000000536. The number of aliphatic hydroxyl groups is 3. The summed E-state index contributed by atoms with van der Waals surface area (Å²) in [6, 6.07) is 0. The molecule has 0 fully saturated rings. The van der Waals surface area contributed by atoms with Crippen LogP contribution in [0.15, 0.2) is 0 Å². The molecule has 0 unspecified atom stereocenters. The number of hydrogen-bond donors (Lipinski definition) is 3. The normalized spacial score (nSPS) is 9.00.